The van der Waals surface area contributed by atoms with Gasteiger partial charge in [-0.15, -0.1) is 5.10 Å². The van der Waals surface area contributed by atoms with Crippen LogP contribution in [0.15, 0.2) is 54.6 Å². The molecule has 9 heteroatoms. The fraction of sp³-hybridized carbons (Fsp3) is 0. The maximum absolute atomic E-state index is 12.3. The number of nitrogens with one attached hydrogen (secondary N) is 3. The highest BCUT2D eigenvalue weighted by Gasteiger charge is 2.18. The van der Waals surface area contributed by atoms with Crippen LogP contribution in [0.3, 0.4) is 0 Å². The van der Waals surface area contributed by atoms with Crippen LogP contribution in [0.25, 0.3) is 0 Å². The fourth-order valence-electron chi connectivity index (χ4n) is 1.96. The molecule has 25 heavy (non-hydrogen) atoms. The molecular weight excluding hydrogens is 362 g/mol. The highest BCUT2D eigenvalue weighted by Crippen LogP contribution is 2.21. The molecule has 0 unspecified atom stereocenters. The largest absolute Gasteiger partial charge is 0.324 e. The number of para-hydroxylation sites is 1. The minimum absolute atomic E-state index is 0.0215. The van der Waals surface area contributed by atoms with E-state index in [1.165, 1.54) is 0 Å². The summed E-state index contributed by atoms with van der Waals surface area (Å²) < 4.78 is 3.72. The van der Waals surface area contributed by atoms with E-state index < -0.39 is 11.9 Å². The average molecular weight is 374 g/mol. The second-order valence-corrected chi connectivity index (χ2v) is 6.05. The van der Waals surface area contributed by atoms with E-state index in [-0.39, 0.29) is 10.7 Å². The Morgan fingerprint density at radius 2 is 1.68 bits per heavy atom. The first kappa shape index (κ1) is 16.9. The van der Waals surface area contributed by atoms with Gasteiger partial charge in [0.1, 0.15) is 0 Å². The number of urea groups is 1. The monoisotopic (exact) mass is 373 g/mol. The Labute approximate surface area is 152 Å². The van der Waals surface area contributed by atoms with Gasteiger partial charge in [0.05, 0.1) is 0 Å². The molecule has 0 aliphatic rings. The molecular formula is C16H12ClN5O2S. The summed E-state index contributed by atoms with van der Waals surface area (Å²) in [4.78, 5) is 24.4. The number of halogens is 1. The summed E-state index contributed by atoms with van der Waals surface area (Å²) in [6.07, 6.45) is 0. The molecule has 3 rings (SSSR count). The van der Waals surface area contributed by atoms with Gasteiger partial charge in [-0.3, -0.25) is 10.1 Å². The first-order valence-electron chi connectivity index (χ1n) is 7.14. The lowest BCUT2D eigenvalue weighted by molar-refractivity contribution is 0.102. The molecule has 1 heterocycles. The van der Waals surface area contributed by atoms with Crippen molar-refractivity contribution in [2.45, 2.75) is 0 Å². The number of amides is 3. The zero-order valence-electron chi connectivity index (χ0n) is 12.7. The van der Waals surface area contributed by atoms with E-state index in [4.69, 9.17) is 11.6 Å². The van der Waals surface area contributed by atoms with Crippen molar-refractivity contribution >= 4 is 51.4 Å². The molecule has 3 N–H and O–H groups in total. The van der Waals surface area contributed by atoms with Gasteiger partial charge in [-0.2, -0.15) is 0 Å². The second kappa shape index (κ2) is 7.73. The van der Waals surface area contributed by atoms with Crippen LogP contribution in [0.4, 0.5) is 21.2 Å². The zero-order valence-corrected chi connectivity index (χ0v) is 14.3. The van der Waals surface area contributed by atoms with Crippen LogP contribution in [0.2, 0.25) is 5.02 Å². The first-order valence-corrected chi connectivity index (χ1v) is 8.29. The fourth-order valence-corrected chi connectivity index (χ4v) is 2.72. The average Bonchev–Trinajstić information content (AvgIpc) is 3.04. The van der Waals surface area contributed by atoms with E-state index in [1.807, 2.05) is 6.07 Å². The third-order valence-corrected chi connectivity index (χ3v) is 3.92. The summed E-state index contributed by atoms with van der Waals surface area (Å²) in [7, 11) is 0. The smallest absolute Gasteiger partial charge is 0.320 e. The van der Waals surface area contributed by atoms with Crippen molar-refractivity contribution in [3.63, 3.8) is 0 Å². The van der Waals surface area contributed by atoms with Gasteiger partial charge >= 0.3 is 6.03 Å². The number of hydrogen-bond donors (Lipinski definition) is 3. The lowest BCUT2D eigenvalue weighted by Crippen LogP contribution is -2.21. The minimum Gasteiger partial charge on any atom is -0.320 e. The predicted octanol–water partition coefficient (Wildman–Crippen LogP) is 4.09. The van der Waals surface area contributed by atoms with Gasteiger partial charge in [0, 0.05) is 27.9 Å². The maximum atomic E-state index is 12.3. The predicted molar refractivity (Wildman–Crippen MR) is 98.4 cm³/mol. The third kappa shape index (κ3) is 4.52. The Morgan fingerprint density at radius 3 is 2.44 bits per heavy atom. The normalized spacial score (nSPS) is 10.1. The van der Waals surface area contributed by atoms with Crippen LogP contribution < -0.4 is 16.0 Å². The number of nitrogens with zero attached hydrogens (tertiary/aromatic N) is 2. The summed E-state index contributed by atoms with van der Waals surface area (Å²) >= 11 is 6.80. The van der Waals surface area contributed by atoms with E-state index in [0.717, 1.165) is 11.5 Å². The van der Waals surface area contributed by atoms with Crippen LogP contribution in [-0.4, -0.2) is 21.5 Å². The number of rotatable bonds is 4. The topological polar surface area (TPSA) is 96.0 Å². The molecule has 126 valence electrons. The summed E-state index contributed by atoms with van der Waals surface area (Å²) in [5.74, 6) is -0.494. The number of aromatic nitrogens is 2. The second-order valence-electron chi connectivity index (χ2n) is 4.86. The van der Waals surface area contributed by atoms with Crippen molar-refractivity contribution in [2.75, 3.05) is 16.0 Å². The van der Waals surface area contributed by atoms with Crippen LogP contribution in [0.1, 0.15) is 10.5 Å². The number of carbonyl (C=O) groups is 2. The first-order chi connectivity index (χ1) is 12.1. The van der Waals surface area contributed by atoms with Gasteiger partial charge in [-0.05, 0) is 30.3 Å². The van der Waals surface area contributed by atoms with Crippen molar-refractivity contribution in [1.29, 1.82) is 0 Å². The van der Waals surface area contributed by atoms with Crippen LogP contribution in [0, 0.1) is 0 Å². The van der Waals surface area contributed by atoms with Crippen molar-refractivity contribution in [3.8, 4) is 0 Å². The van der Waals surface area contributed by atoms with E-state index in [2.05, 4.69) is 25.5 Å². The van der Waals surface area contributed by atoms with Crippen molar-refractivity contribution in [1.82, 2.24) is 9.59 Å². The molecule has 2 aromatic carbocycles. The lowest BCUT2D eigenvalue weighted by Gasteiger charge is -2.07. The Bertz CT molecular complexity index is 900. The highest BCUT2D eigenvalue weighted by atomic mass is 35.5. The Morgan fingerprint density at radius 1 is 0.920 bits per heavy atom. The summed E-state index contributed by atoms with van der Waals surface area (Å²) in [5.41, 5.74) is 1.17. The van der Waals surface area contributed by atoms with E-state index in [0.29, 0.717) is 16.4 Å². The standard InChI is InChI=1S/C16H12ClN5O2S/c17-10-5-4-8-12(9-10)18-14(23)13-15(25-22-21-13)20-16(24)19-11-6-2-1-3-7-11/h1-9H,(H,18,23)(H2,19,20,24). The molecule has 1 aromatic heterocycles. The molecule has 0 spiro atoms. The Hall–Kier alpha value is -2.97. The number of hydrogen-bond acceptors (Lipinski definition) is 5. The SMILES string of the molecule is O=C(Nc1ccccc1)Nc1snnc1C(=O)Nc1cccc(Cl)c1. The molecule has 0 aliphatic carbocycles. The van der Waals surface area contributed by atoms with Gasteiger partial charge in [-0.25, -0.2) is 4.79 Å². The number of benzene rings is 2. The maximum Gasteiger partial charge on any atom is 0.324 e. The number of anilines is 3. The molecule has 0 bridgehead atoms. The minimum atomic E-state index is -0.494. The van der Waals surface area contributed by atoms with Crippen LogP contribution >= 0.6 is 23.1 Å². The van der Waals surface area contributed by atoms with Gasteiger partial charge in [0.15, 0.2) is 10.7 Å². The van der Waals surface area contributed by atoms with E-state index in [9.17, 15) is 9.59 Å². The molecule has 0 saturated carbocycles. The third-order valence-electron chi connectivity index (χ3n) is 3.04. The molecule has 0 atom stereocenters. The van der Waals surface area contributed by atoms with Gasteiger partial charge in [0.2, 0.25) is 0 Å². The molecule has 3 aromatic rings. The van der Waals surface area contributed by atoms with Crippen molar-refractivity contribution in [2.24, 2.45) is 0 Å². The summed E-state index contributed by atoms with van der Waals surface area (Å²) in [6.45, 7) is 0. The summed E-state index contributed by atoms with van der Waals surface area (Å²) in [5, 5.41) is 12.4. The quantitative estimate of drug-likeness (QED) is 0.641. The Kier molecular flexibility index (Phi) is 5.22. The van der Waals surface area contributed by atoms with E-state index >= 15 is 0 Å². The molecule has 0 saturated heterocycles. The Balaban J connectivity index is 1.67. The number of carbonyl (C=O) groups excluding carboxylic acids is 2. The van der Waals surface area contributed by atoms with E-state index in [1.54, 1.807) is 48.5 Å². The molecule has 7 nitrogen and oxygen atoms in total. The van der Waals surface area contributed by atoms with Crippen molar-refractivity contribution in [3.05, 3.63) is 65.3 Å². The molecule has 0 radical (unpaired) electrons. The zero-order chi connectivity index (χ0) is 17.6. The van der Waals surface area contributed by atoms with Crippen LogP contribution in [-0.2, 0) is 0 Å². The molecule has 0 aliphatic heterocycles. The van der Waals surface area contributed by atoms with Crippen molar-refractivity contribution < 1.29 is 9.59 Å². The molecule has 0 fully saturated rings. The summed E-state index contributed by atoms with van der Waals surface area (Å²) in [6, 6.07) is 15.2. The van der Waals surface area contributed by atoms with Gasteiger partial charge < -0.3 is 10.6 Å². The van der Waals surface area contributed by atoms with Crippen LogP contribution in [0.5, 0.6) is 0 Å². The lowest BCUT2D eigenvalue weighted by atomic mass is 10.3. The molecule has 3 amide bonds. The highest BCUT2D eigenvalue weighted by molar-refractivity contribution is 7.10. The van der Waals surface area contributed by atoms with Gasteiger partial charge in [-0.1, -0.05) is 40.4 Å². The van der Waals surface area contributed by atoms with Gasteiger partial charge in [0.25, 0.3) is 5.91 Å².